The average Bonchev–Trinajstić information content (AvgIpc) is 3.69. The Kier molecular flexibility index (Phi) is 6.37. The topological polar surface area (TPSA) is 98.6 Å². The van der Waals surface area contributed by atoms with Crippen LogP contribution in [0.1, 0.15) is 35.9 Å². The minimum Gasteiger partial charge on any atom is -0.444 e. The maximum atomic E-state index is 12.6. The van der Waals surface area contributed by atoms with Crippen molar-refractivity contribution in [3.63, 3.8) is 0 Å². The molecule has 4 heterocycles. The van der Waals surface area contributed by atoms with Crippen LogP contribution in [0.15, 0.2) is 57.6 Å². The zero-order valence-electron chi connectivity index (χ0n) is 21.9. The Morgan fingerprint density at radius 3 is 2.74 bits per heavy atom. The summed E-state index contributed by atoms with van der Waals surface area (Å²) < 4.78 is 18.4. The molecule has 2 aromatic carbocycles. The summed E-state index contributed by atoms with van der Waals surface area (Å²) in [6, 6.07) is 17.2. The molecule has 0 spiro atoms. The lowest BCUT2D eigenvalue weighted by atomic mass is 10.1. The number of nitrogens with one attached hydrogen (secondary N) is 1. The van der Waals surface area contributed by atoms with E-state index in [9.17, 15) is 4.79 Å². The Morgan fingerprint density at radius 2 is 1.92 bits per heavy atom. The molecule has 1 saturated heterocycles. The summed E-state index contributed by atoms with van der Waals surface area (Å²) in [5.74, 6) is 1.12. The third kappa shape index (κ3) is 4.54. The van der Waals surface area contributed by atoms with E-state index in [-0.39, 0.29) is 12.6 Å². The first-order valence-corrected chi connectivity index (χ1v) is 13.0. The molecule has 0 aliphatic carbocycles. The van der Waals surface area contributed by atoms with Crippen molar-refractivity contribution in [2.75, 3.05) is 13.1 Å². The molecule has 1 aliphatic rings. The highest BCUT2D eigenvalue weighted by atomic mass is 16.5. The van der Waals surface area contributed by atoms with E-state index in [1.54, 1.807) is 13.0 Å². The number of aryl methyl sites for hydroxylation is 3. The number of para-hydroxylation sites is 1. The highest BCUT2D eigenvalue weighted by Gasteiger charge is 2.26. The standard InChI is InChI=1S/C29H31N5O4/c1-4-34-26-8-6-5-7-22(26)23-14-20(9-10-27(23)34)15-33-12-11-21(16-33)30-29(35)36-17-24-19(3)31-38-28(24)25-13-18(2)37-32-25/h5-10,13-14,21H,4,11-12,15-17H2,1-3H3,(H,30,35). The van der Waals surface area contributed by atoms with Crippen LogP contribution in [0.4, 0.5) is 4.79 Å². The van der Waals surface area contributed by atoms with E-state index in [1.807, 2.05) is 6.92 Å². The second kappa shape index (κ2) is 9.98. The van der Waals surface area contributed by atoms with Gasteiger partial charge < -0.3 is 23.7 Å². The summed E-state index contributed by atoms with van der Waals surface area (Å²) in [6.07, 6.45) is 0.427. The van der Waals surface area contributed by atoms with Crippen LogP contribution < -0.4 is 5.32 Å². The lowest BCUT2D eigenvalue weighted by Crippen LogP contribution is -2.37. The number of alkyl carbamates (subject to hydrolysis) is 1. The van der Waals surface area contributed by atoms with Gasteiger partial charge in [0.05, 0.1) is 11.3 Å². The van der Waals surface area contributed by atoms with Crippen molar-refractivity contribution in [1.82, 2.24) is 25.1 Å². The first-order valence-electron chi connectivity index (χ1n) is 13.0. The van der Waals surface area contributed by atoms with Gasteiger partial charge in [-0.05, 0) is 51.0 Å². The molecule has 196 valence electrons. The number of rotatable bonds is 7. The number of likely N-dealkylation sites (tertiary alicyclic amines) is 1. The molecule has 6 rings (SSSR count). The maximum Gasteiger partial charge on any atom is 0.407 e. The quantitative estimate of drug-likeness (QED) is 0.304. The molecule has 1 N–H and O–H groups in total. The summed E-state index contributed by atoms with van der Waals surface area (Å²) in [5.41, 5.74) is 5.69. The highest BCUT2D eigenvalue weighted by Crippen LogP contribution is 2.30. The summed E-state index contributed by atoms with van der Waals surface area (Å²) in [4.78, 5) is 15.0. The molecule has 1 atom stereocenters. The Balaban J connectivity index is 1.06. The van der Waals surface area contributed by atoms with Gasteiger partial charge in [-0.3, -0.25) is 4.90 Å². The third-order valence-corrected chi connectivity index (χ3v) is 7.35. The van der Waals surface area contributed by atoms with E-state index in [4.69, 9.17) is 13.8 Å². The zero-order valence-corrected chi connectivity index (χ0v) is 21.9. The maximum absolute atomic E-state index is 12.6. The minimum absolute atomic E-state index is 0.0365. The van der Waals surface area contributed by atoms with Crippen molar-refractivity contribution in [1.29, 1.82) is 0 Å². The van der Waals surface area contributed by atoms with Crippen LogP contribution in [-0.2, 0) is 24.4 Å². The molecule has 3 aromatic heterocycles. The number of hydrogen-bond acceptors (Lipinski definition) is 7. The van der Waals surface area contributed by atoms with Gasteiger partial charge in [0, 0.05) is 60.1 Å². The van der Waals surface area contributed by atoms with E-state index in [2.05, 4.69) is 74.5 Å². The predicted octanol–water partition coefficient (Wildman–Crippen LogP) is 5.57. The normalized spacial score (nSPS) is 16.0. The lowest BCUT2D eigenvalue weighted by molar-refractivity contribution is 0.135. The Hall–Kier alpha value is -4.11. The fourth-order valence-electron chi connectivity index (χ4n) is 5.47. The number of benzene rings is 2. The molecule has 38 heavy (non-hydrogen) atoms. The van der Waals surface area contributed by atoms with Crippen molar-refractivity contribution in [3.05, 3.63) is 71.1 Å². The van der Waals surface area contributed by atoms with Gasteiger partial charge in [0.15, 0.2) is 11.5 Å². The van der Waals surface area contributed by atoms with E-state index in [0.717, 1.165) is 32.6 Å². The molecule has 1 unspecified atom stereocenters. The monoisotopic (exact) mass is 513 g/mol. The van der Waals surface area contributed by atoms with Gasteiger partial charge >= 0.3 is 6.09 Å². The van der Waals surface area contributed by atoms with Gasteiger partial charge in [-0.2, -0.15) is 0 Å². The average molecular weight is 514 g/mol. The Labute approximate surface area is 220 Å². The summed E-state index contributed by atoms with van der Waals surface area (Å²) >= 11 is 0. The van der Waals surface area contributed by atoms with Crippen molar-refractivity contribution in [3.8, 4) is 11.5 Å². The molecule has 1 amide bonds. The van der Waals surface area contributed by atoms with Crippen molar-refractivity contribution < 1.29 is 18.6 Å². The molecule has 0 bridgehead atoms. The van der Waals surface area contributed by atoms with Crippen LogP contribution in [0.25, 0.3) is 33.3 Å². The van der Waals surface area contributed by atoms with E-state index >= 15 is 0 Å². The number of hydrogen-bond donors (Lipinski definition) is 1. The van der Waals surface area contributed by atoms with Gasteiger partial charge in [-0.25, -0.2) is 4.79 Å². The van der Waals surface area contributed by atoms with Crippen LogP contribution in [0, 0.1) is 13.8 Å². The molecule has 0 radical (unpaired) electrons. The van der Waals surface area contributed by atoms with Crippen LogP contribution in [-0.4, -0.2) is 45.0 Å². The van der Waals surface area contributed by atoms with Gasteiger partial charge in [0.25, 0.3) is 0 Å². The van der Waals surface area contributed by atoms with Gasteiger partial charge in [-0.1, -0.05) is 34.6 Å². The van der Waals surface area contributed by atoms with Crippen molar-refractivity contribution in [2.24, 2.45) is 0 Å². The fourth-order valence-corrected chi connectivity index (χ4v) is 5.47. The Morgan fingerprint density at radius 1 is 1.08 bits per heavy atom. The molecule has 9 heteroatoms. The zero-order chi connectivity index (χ0) is 26.2. The SMILES string of the molecule is CCn1c2ccccc2c2cc(CN3CCC(NC(=O)OCc4c(C)noc4-c4cc(C)on4)C3)ccc21. The number of carbonyl (C=O) groups is 1. The highest BCUT2D eigenvalue weighted by molar-refractivity contribution is 6.08. The fraction of sp³-hybridized carbons (Fsp3) is 0.345. The van der Waals surface area contributed by atoms with E-state index < -0.39 is 6.09 Å². The van der Waals surface area contributed by atoms with Gasteiger partial charge in [0.2, 0.25) is 0 Å². The predicted molar refractivity (Wildman–Crippen MR) is 144 cm³/mol. The van der Waals surface area contributed by atoms with Crippen molar-refractivity contribution >= 4 is 27.9 Å². The van der Waals surface area contributed by atoms with E-state index in [0.29, 0.717) is 28.5 Å². The van der Waals surface area contributed by atoms with E-state index in [1.165, 1.54) is 27.4 Å². The summed E-state index contributed by atoms with van der Waals surface area (Å²) in [5, 5.41) is 13.6. The molecule has 9 nitrogen and oxygen atoms in total. The van der Waals surface area contributed by atoms with Crippen LogP contribution in [0.5, 0.6) is 0 Å². The molecule has 0 saturated carbocycles. The molecular formula is C29H31N5O4. The minimum atomic E-state index is -0.450. The number of aromatic nitrogens is 3. The third-order valence-electron chi connectivity index (χ3n) is 7.35. The number of carbonyl (C=O) groups excluding carboxylic acids is 1. The number of amides is 1. The first-order chi connectivity index (χ1) is 18.5. The number of nitrogens with zero attached hydrogens (tertiary/aromatic N) is 4. The number of ether oxygens (including phenoxy) is 1. The van der Waals surface area contributed by atoms with Crippen LogP contribution >= 0.6 is 0 Å². The first kappa shape index (κ1) is 24.2. The lowest BCUT2D eigenvalue weighted by Gasteiger charge is -2.17. The Bertz CT molecular complexity index is 1610. The van der Waals surface area contributed by atoms with Crippen LogP contribution in [0.3, 0.4) is 0 Å². The van der Waals surface area contributed by atoms with Crippen LogP contribution in [0.2, 0.25) is 0 Å². The summed E-state index contributed by atoms with van der Waals surface area (Å²) in [7, 11) is 0. The van der Waals surface area contributed by atoms with Crippen molar-refractivity contribution in [2.45, 2.75) is 52.9 Å². The second-order valence-corrected chi connectivity index (χ2v) is 9.95. The molecule has 1 fully saturated rings. The molecular weight excluding hydrogens is 482 g/mol. The smallest absolute Gasteiger partial charge is 0.407 e. The molecule has 1 aliphatic heterocycles. The summed E-state index contributed by atoms with van der Waals surface area (Å²) in [6.45, 7) is 9.32. The second-order valence-electron chi connectivity index (χ2n) is 9.95. The largest absolute Gasteiger partial charge is 0.444 e. The van der Waals surface area contributed by atoms with Gasteiger partial charge in [0.1, 0.15) is 12.4 Å². The number of fused-ring (bicyclic) bond motifs is 3. The van der Waals surface area contributed by atoms with Gasteiger partial charge in [-0.15, -0.1) is 0 Å². The molecule has 5 aromatic rings.